The zero-order chi connectivity index (χ0) is 26.7. The molecule has 1 aliphatic rings. The molecule has 2 aromatic carbocycles. The van der Waals surface area contributed by atoms with Crippen molar-refractivity contribution in [2.75, 3.05) is 20.8 Å². The Morgan fingerprint density at radius 2 is 1.81 bits per heavy atom. The molecule has 8 nitrogen and oxygen atoms in total. The molecule has 0 saturated heterocycles. The van der Waals surface area contributed by atoms with Crippen LogP contribution in [0.15, 0.2) is 63.5 Å². The molecule has 1 atom stereocenters. The second kappa shape index (κ2) is 11.0. The van der Waals surface area contributed by atoms with Crippen LogP contribution in [0.2, 0.25) is 0 Å². The van der Waals surface area contributed by atoms with E-state index in [1.165, 1.54) is 11.3 Å². The predicted octanol–water partition coefficient (Wildman–Crippen LogP) is 3.60. The highest BCUT2D eigenvalue weighted by molar-refractivity contribution is 7.07. The largest absolute Gasteiger partial charge is 0.497 e. The van der Waals surface area contributed by atoms with E-state index >= 15 is 0 Å². The summed E-state index contributed by atoms with van der Waals surface area (Å²) >= 11 is 1.26. The fourth-order valence-corrected chi connectivity index (χ4v) is 5.22. The maximum Gasteiger partial charge on any atom is 0.338 e. The summed E-state index contributed by atoms with van der Waals surface area (Å²) in [6.45, 7) is 7.63. The van der Waals surface area contributed by atoms with Crippen molar-refractivity contribution in [3.05, 3.63) is 84.5 Å². The summed E-state index contributed by atoms with van der Waals surface area (Å²) in [5.41, 5.74) is 2.06. The number of ether oxygens (including phenoxy) is 4. The van der Waals surface area contributed by atoms with Crippen molar-refractivity contribution in [2.45, 2.75) is 39.8 Å². The highest BCUT2D eigenvalue weighted by Crippen LogP contribution is 2.32. The Morgan fingerprint density at radius 1 is 1.11 bits per heavy atom. The number of esters is 1. The van der Waals surface area contributed by atoms with Gasteiger partial charge in [0.1, 0.15) is 17.2 Å². The molecule has 2 heterocycles. The molecule has 0 aliphatic carbocycles. The molecule has 3 aromatic rings. The molecule has 0 bridgehead atoms. The van der Waals surface area contributed by atoms with Crippen LogP contribution in [0.25, 0.3) is 6.08 Å². The first-order valence-corrected chi connectivity index (χ1v) is 12.8. The molecule has 194 valence electrons. The number of carbonyl (C=O) groups excluding carboxylic acids is 1. The lowest BCUT2D eigenvalue weighted by Gasteiger charge is -2.25. The van der Waals surface area contributed by atoms with E-state index in [0.29, 0.717) is 37.9 Å². The lowest BCUT2D eigenvalue weighted by atomic mass is 9.96. The highest BCUT2D eigenvalue weighted by atomic mass is 32.1. The minimum absolute atomic E-state index is 0.0238. The van der Waals surface area contributed by atoms with Gasteiger partial charge in [-0.05, 0) is 63.6 Å². The topological polar surface area (TPSA) is 88.4 Å². The Balaban J connectivity index is 1.90. The number of nitrogens with zero attached hydrogens (tertiary/aromatic N) is 2. The lowest BCUT2D eigenvalue weighted by molar-refractivity contribution is -0.139. The number of hydrogen-bond donors (Lipinski definition) is 0. The van der Waals surface area contributed by atoms with Crippen molar-refractivity contribution in [1.82, 2.24) is 4.57 Å². The van der Waals surface area contributed by atoms with Crippen molar-refractivity contribution in [2.24, 2.45) is 4.99 Å². The van der Waals surface area contributed by atoms with Gasteiger partial charge in [0.05, 0.1) is 48.8 Å². The Hall–Kier alpha value is -3.85. The van der Waals surface area contributed by atoms with Crippen LogP contribution in [-0.4, -0.2) is 37.5 Å². The fraction of sp³-hybridized carbons (Fsp3) is 0.321. The van der Waals surface area contributed by atoms with Gasteiger partial charge in [0.25, 0.3) is 5.56 Å². The summed E-state index contributed by atoms with van der Waals surface area (Å²) < 4.78 is 23.9. The molecule has 4 rings (SSSR count). The Kier molecular flexibility index (Phi) is 7.83. The number of thiazole rings is 1. The summed E-state index contributed by atoms with van der Waals surface area (Å²) in [7, 11) is 3.15. The first kappa shape index (κ1) is 26.2. The number of aromatic nitrogens is 1. The maximum absolute atomic E-state index is 13.8. The van der Waals surface area contributed by atoms with Gasteiger partial charge < -0.3 is 18.9 Å². The highest BCUT2D eigenvalue weighted by Gasteiger charge is 2.33. The molecule has 37 heavy (non-hydrogen) atoms. The quantitative estimate of drug-likeness (QED) is 0.420. The van der Waals surface area contributed by atoms with Crippen molar-refractivity contribution < 1.29 is 23.7 Å². The third-order valence-electron chi connectivity index (χ3n) is 5.81. The second-order valence-corrected chi connectivity index (χ2v) is 9.65. The average molecular weight is 523 g/mol. The number of carbonyl (C=O) groups is 1. The molecule has 0 spiro atoms. The molecule has 0 saturated carbocycles. The van der Waals surface area contributed by atoms with Gasteiger partial charge in [-0.2, -0.15) is 0 Å². The van der Waals surface area contributed by atoms with Crippen LogP contribution >= 0.6 is 11.3 Å². The van der Waals surface area contributed by atoms with E-state index in [1.54, 1.807) is 50.8 Å². The van der Waals surface area contributed by atoms with Crippen molar-refractivity contribution in [1.29, 1.82) is 0 Å². The molecular formula is C28H30N2O6S. The zero-order valence-corrected chi connectivity index (χ0v) is 22.5. The maximum atomic E-state index is 13.8. The molecule has 0 fully saturated rings. The van der Waals surface area contributed by atoms with Gasteiger partial charge in [-0.3, -0.25) is 9.36 Å². The normalized spacial score (nSPS) is 15.3. The van der Waals surface area contributed by atoms with E-state index in [1.807, 2.05) is 44.2 Å². The molecule has 0 radical (unpaired) electrons. The van der Waals surface area contributed by atoms with Gasteiger partial charge in [0, 0.05) is 11.6 Å². The second-order valence-electron chi connectivity index (χ2n) is 8.65. The predicted molar refractivity (Wildman–Crippen MR) is 142 cm³/mol. The summed E-state index contributed by atoms with van der Waals surface area (Å²) in [4.78, 5) is 32.0. The van der Waals surface area contributed by atoms with E-state index in [4.69, 9.17) is 18.9 Å². The van der Waals surface area contributed by atoms with E-state index < -0.39 is 12.0 Å². The van der Waals surface area contributed by atoms with E-state index in [0.717, 1.165) is 11.1 Å². The Morgan fingerprint density at radius 3 is 2.43 bits per heavy atom. The van der Waals surface area contributed by atoms with Crippen LogP contribution in [0.4, 0.5) is 0 Å². The summed E-state index contributed by atoms with van der Waals surface area (Å²) in [5, 5.41) is 0. The van der Waals surface area contributed by atoms with Gasteiger partial charge in [-0.1, -0.05) is 23.5 Å². The van der Waals surface area contributed by atoms with Gasteiger partial charge in [0.2, 0.25) is 0 Å². The standard InChI is InChI=1S/C28H30N2O6S/c1-7-35-27(32)24-17(4)29-28-30(25(24)18-8-11-20(12-9-18)36-16(2)3)26(31)23(37-28)14-19-10-13-21(33-5)15-22(19)34-6/h8-16,25H,7H2,1-6H3/t25-/m1/s1. The zero-order valence-electron chi connectivity index (χ0n) is 21.7. The van der Waals surface area contributed by atoms with Crippen LogP contribution in [0.1, 0.15) is 44.9 Å². The lowest BCUT2D eigenvalue weighted by Crippen LogP contribution is -2.39. The molecule has 0 N–H and O–H groups in total. The van der Waals surface area contributed by atoms with Crippen LogP contribution in [0, 0.1) is 0 Å². The average Bonchev–Trinajstić information content (AvgIpc) is 3.18. The molecular weight excluding hydrogens is 492 g/mol. The SMILES string of the molecule is CCOC(=O)C1=C(C)N=c2sc(=Cc3ccc(OC)cc3OC)c(=O)n2[C@@H]1c1ccc(OC(C)C)cc1. The molecule has 0 amide bonds. The molecule has 1 aliphatic heterocycles. The van der Waals surface area contributed by atoms with E-state index in [9.17, 15) is 9.59 Å². The first-order chi connectivity index (χ1) is 17.8. The fourth-order valence-electron chi connectivity index (χ4n) is 4.19. The minimum Gasteiger partial charge on any atom is -0.497 e. The van der Waals surface area contributed by atoms with Crippen LogP contribution < -0.4 is 29.1 Å². The van der Waals surface area contributed by atoms with E-state index in [-0.39, 0.29) is 18.3 Å². The number of rotatable bonds is 8. The third kappa shape index (κ3) is 5.32. The van der Waals surface area contributed by atoms with Crippen molar-refractivity contribution >= 4 is 23.4 Å². The summed E-state index contributed by atoms with van der Waals surface area (Å²) in [5.74, 6) is 1.43. The van der Waals surface area contributed by atoms with Crippen LogP contribution in [0.3, 0.4) is 0 Å². The summed E-state index contributed by atoms with van der Waals surface area (Å²) in [6.07, 6.45) is 1.79. The van der Waals surface area contributed by atoms with Gasteiger partial charge in [-0.15, -0.1) is 0 Å². The molecule has 9 heteroatoms. The van der Waals surface area contributed by atoms with E-state index in [2.05, 4.69) is 4.99 Å². The molecule has 1 aromatic heterocycles. The number of hydrogen-bond acceptors (Lipinski definition) is 8. The number of benzene rings is 2. The van der Waals surface area contributed by atoms with Gasteiger partial charge in [0.15, 0.2) is 4.80 Å². The minimum atomic E-state index is -0.691. The Bertz CT molecular complexity index is 1520. The van der Waals surface area contributed by atoms with Gasteiger partial charge >= 0.3 is 5.97 Å². The monoisotopic (exact) mass is 522 g/mol. The smallest absolute Gasteiger partial charge is 0.338 e. The van der Waals surface area contributed by atoms with Crippen LogP contribution in [-0.2, 0) is 9.53 Å². The van der Waals surface area contributed by atoms with Gasteiger partial charge in [-0.25, -0.2) is 9.79 Å². The Labute approximate surface area is 219 Å². The molecule has 0 unspecified atom stereocenters. The third-order valence-corrected chi connectivity index (χ3v) is 6.79. The van der Waals surface area contributed by atoms with Crippen molar-refractivity contribution in [3.8, 4) is 17.2 Å². The number of fused-ring (bicyclic) bond motifs is 1. The van der Waals surface area contributed by atoms with Crippen LogP contribution in [0.5, 0.6) is 17.2 Å². The first-order valence-electron chi connectivity index (χ1n) is 12.0. The number of methoxy groups -OCH3 is 2. The number of allylic oxidation sites excluding steroid dienone is 1. The van der Waals surface area contributed by atoms with Crippen molar-refractivity contribution in [3.63, 3.8) is 0 Å². The summed E-state index contributed by atoms with van der Waals surface area (Å²) in [6, 6.07) is 12.1.